The number of nitrogens with zero attached hydrogens (tertiary/aromatic N) is 2. The number of carbonyl (C=O) groups excluding carboxylic acids is 3. The first-order valence-electron chi connectivity index (χ1n) is 8.72. The first-order chi connectivity index (χ1) is 14.4. The number of thiophene rings is 2. The van der Waals surface area contributed by atoms with E-state index in [0.29, 0.717) is 26.0 Å². The molecule has 0 bridgehead atoms. The lowest BCUT2D eigenvalue weighted by Gasteiger charge is -2.04. The second-order valence-corrected chi connectivity index (χ2v) is 8.21. The van der Waals surface area contributed by atoms with Gasteiger partial charge in [0.25, 0.3) is 11.8 Å². The fourth-order valence-corrected chi connectivity index (χ4v) is 4.43. The maximum Gasteiger partial charge on any atom is 0.348 e. The highest BCUT2D eigenvalue weighted by atomic mass is 32.1. The second kappa shape index (κ2) is 8.17. The maximum atomic E-state index is 13.2. The first-order valence-corrected chi connectivity index (χ1v) is 10.4. The number of halogens is 1. The zero-order valence-corrected chi connectivity index (χ0v) is 17.2. The minimum absolute atomic E-state index is 0.291. The molecule has 4 rings (SSSR count). The Bertz CT molecular complexity index is 1240. The van der Waals surface area contributed by atoms with Gasteiger partial charge < -0.3 is 4.74 Å². The quantitative estimate of drug-likeness (QED) is 0.475. The molecule has 4 aromatic rings. The molecule has 7 nitrogen and oxygen atoms in total. The molecule has 0 atom stereocenters. The van der Waals surface area contributed by atoms with Crippen LogP contribution in [0.3, 0.4) is 0 Å². The van der Waals surface area contributed by atoms with Crippen molar-refractivity contribution in [3.05, 3.63) is 69.1 Å². The average Bonchev–Trinajstić information content (AvgIpc) is 3.45. The molecule has 3 aromatic heterocycles. The third-order valence-electron chi connectivity index (χ3n) is 4.15. The number of rotatable bonds is 5. The molecule has 0 aliphatic carbocycles. The van der Waals surface area contributed by atoms with Crippen molar-refractivity contribution in [3.8, 4) is 5.69 Å². The third-order valence-corrected chi connectivity index (χ3v) is 6.11. The molecule has 152 valence electrons. The molecule has 0 aliphatic heterocycles. The molecule has 0 spiro atoms. The van der Waals surface area contributed by atoms with E-state index in [0.717, 1.165) is 16.7 Å². The Kier molecular flexibility index (Phi) is 5.42. The van der Waals surface area contributed by atoms with Crippen molar-refractivity contribution in [1.29, 1.82) is 0 Å². The van der Waals surface area contributed by atoms with Crippen molar-refractivity contribution >= 4 is 50.7 Å². The summed E-state index contributed by atoms with van der Waals surface area (Å²) in [5, 5.41) is 9.08. The fourth-order valence-electron chi connectivity index (χ4n) is 2.74. The number of imide groups is 1. The smallest absolute Gasteiger partial charge is 0.348 e. The number of ether oxygens (including phenoxy) is 1. The molecule has 0 saturated heterocycles. The van der Waals surface area contributed by atoms with Gasteiger partial charge in [-0.3, -0.25) is 14.9 Å². The van der Waals surface area contributed by atoms with Crippen molar-refractivity contribution in [3.63, 3.8) is 0 Å². The summed E-state index contributed by atoms with van der Waals surface area (Å²) in [6, 6.07) is 10.8. The number of fused-ring (bicyclic) bond motifs is 1. The number of aryl methyl sites for hydroxylation is 1. The number of esters is 1. The Morgan fingerprint density at radius 2 is 1.93 bits per heavy atom. The van der Waals surface area contributed by atoms with E-state index >= 15 is 0 Å². The molecule has 10 heteroatoms. The molecule has 3 heterocycles. The van der Waals surface area contributed by atoms with E-state index in [1.807, 2.05) is 0 Å². The highest BCUT2D eigenvalue weighted by molar-refractivity contribution is 7.20. The molecular weight excluding hydrogens is 429 g/mol. The van der Waals surface area contributed by atoms with Gasteiger partial charge in [0.05, 0.1) is 16.3 Å². The van der Waals surface area contributed by atoms with Gasteiger partial charge in [0.1, 0.15) is 15.5 Å². The Morgan fingerprint density at radius 1 is 1.17 bits per heavy atom. The van der Waals surface area contributed by atoms with Gasteiger partial charge in [-0.25, -0.2) is 13.9 Å². The normalized spacial score (nSPS) is 10.9. The number of hydrogen-bond acceptors (Lipinski definition) is 7. The van der Waals surface area contributed by atoms with Gasteiger partial charge in [-0.05, 0) is 48.7 Å². The van der Waals surface area contributed by atoms with Gasteiger partial charge in [-0.15, -0.1) is 22.7 Å². The fraction of sp³-hybridized carbons (Fsp3) is 0.100. The van der Waals surface area contributed by atoms with E-state index in [-0.39, 0.29) is 5.82 Å². The van der Waals surface area contributed by atoms with E-state index in [1.54, 1.807) is 47.3 Å². The second-order valence-electron chi connectivity index (χ2n) is 6.23. The van der Waals surface area contributed by atoms with Crippen LogP contribution in [0.1, 0.15) is 25.0 Å². The Labute approximate surface area is 177 Å². The van der Waals surface area contributed by atoms with Crippen molar-refractivity contribution in [2.24, 2.45) is 0 Å². The standard InChI is InChI=1S/C20H14FN3O4S2/c1-11-14-9-16(30-19(14)24(23-11)13-6-4-12(21)5-7-13)20(27)28-10-17(25)22-18(26)15-3-2-8-29-15/h2-9H,10H2,1H3,(H,22,25,26). The first kappa shape index (κ1) is 19.9. The predicted molar refractivity (Wildman–Crippen MR) is 111 cm³/mol. The van der Waals surface area contributed by atoms with Crippen LogP contribution in [-0.2, 0) is 9.53 Å². The number of carbonyl (C=O) groups is 3. The van der Waals surface area contributed by atoms with Crippen LogP contribution in [0.5, 0.6) is 0 Å². The summed E-state index contributed by atoms with van der Waals surface area (Å²) >= 11 is 2.35. The molecule has 1 N–H and O–H groups in total. The SMILES string of the molecule is Cc1nn(-c2ccc(F)cc2)c2sc(C(=O)OCC(=O)NC(=O)c3cccs3)cc12. The number of aromatic nitrogens is 2. The van der Waals surface area contributed by atoms with E-state index in [1.165, 1.54) is 23.5 Å². The summed E-state index contributed by atoms with van der Waals surface area (Å²) in [5.74, 6) is -2.29. The molecule has 30 heavy (non-hydrogen) atoms. The molecule has 0 unspecified atom stereocenters. The molecule has 0 radical (unpaired) electrons. The summed E-state index contributed by atoms with van der Waals surface area (Å²) < 4.78 is 19.9. The number of benzene rings is 1. The molecule has 2 amide bonds. The Morgan fingerprint density at radius 3 is 2.63 bits per heavy atom. The van der Waals surface area contributed by atoms with Crippen LogP contribution in [0, 0.1) is 12.7 Å². The maximum absolute atomic E-state index is 13.2. The van der Waals surface area contributed by atoms with Gasteiger partial charge >= 0.3 is 5.97 Å². The molecule has 0 fully saturated rings. The van der Waals surface area contributed by atoms with Crippen LogP contribution in [0.15, 0.2) is 47.8 Å². The summed E-state index contributed by atoms with van der Waals surface area (Å²) in [6.45, 7) is 1.22. The largest absolute Gasteiger partial charge is 0.451 e. The van der Waals surface area contributed by atoms with E-state index in [2.05, 4.69) is 10.4 Å². The van der Waals surface area contributed by atoms with Crippen LogP contribution in [0.25, 0.3) is 15.9 Å². The van der Waals surface area contributed by atoms with Gasteiger partial charge in [0.15, 0.2) is 6.61 Å². The molecular formula is C20H14FN3O4S2. The van der Waals surface area contributed by atoms with Crippen molar-refractivity contribution in [2.45, 2.75) is 6.92 Å². The number of nitrogens with one attached hydrogen (secondary N) is 1. The summed E-state index contributed by atoms with van der Waals surface area (Å²) in [6.07, 6.45) is 0. The number of amides is 2. The Hall–Kier alpha value is -3.37. The monoisotopic (exact) mass is 443 g/mol. The predicted octanol–water partition coefficient (Wildman–Crippen LogP) is 3.71. The lowest BCUT2D eigenvalue weighted by molar-refractivity contribution is -0.123. The minimum Gasteiger partial charge on any atom is -0.451 e. The molecule has 0 saturated carbocycles. The lowest BCUT2D eigenvalue weighted by Crippen LogP contribution is -2.33. The zero-order valence-electron chi connectivity index (χ0n) is 15.5. The summed E-state index contributed by atoms with van der Waals surface area (Å²) in [4.78, 5) is 37.5. The van der Waals surface area contributed by atoms with Crippen molar-refractivity contribution in [2.75, 3.05) is 6.61 Å². The van der Waals surface area contributed by atoms with Gasteiger partial charge in [-0.1, -0.05) is 6.07 Å². The van der Waals surface area contributed by atoms with Crippen LogP contribution in [0.2, 0.25) is 0 Å². The van der Waals surface area contributed by atoms with E-state index in [4.69, 9.17) is 4.74 Å². The summed E-state index contributed by atoms with van der Waals surface area (Å²) in [5.41, 5.74) is 1.35. The van der Waals surface area contributed by atoms with E-state index in [9.17, 15) is 18.8 Å². The molecule has 1 aromatic carbocycles. The Balaban J connectivity index is 1.46. The average molecular weight is 443 g/mol. The van der Waals surface area contributed by atoms with Crippen LogP contribution >= 0.6 is 22.7 Å². The van der Waals surface area contributed by atoms with Gasteiger partial charge in [-0.2, -0.15) is 5.10 Å². The van der Waals surface area contributed by atoms with Crippen LogP contribution in [0.4, 0.5) is 4.39 Å². The highest BCUT2D eigenvalue weighted by Crippen LogP contribution is 2.30. The summed E-state index contributed by atoms with van der Waals surface area (Å²) in [7, 11) is 0. The number of hydrogen-bond donors (Lipinski definition) is 1. The zero-order chi connectivity index (χ0) is 21.3. The van der Waals surface area contributed by atoms with Gasteiger partial charge in [0, 0.05) is 5.39 Å². The highest BCUT2D eigenvalue weighted by Gasteiger charge is 2.19. The van der Waals surface area contributed by atoms with E-state index < -0.39 is 24.4 Å². The van der Waals surface area contributed by atoms with Crippen LogP contribution < -0.4 is 5.32 Å². The lowest BCUT2D eigenvalue weighted by atomic mass is 10.3. The van der Waals surface area contributed by atoms with Crippen LogP contribution in [-0.4, -0.2) is 34.2 Å². The minimum atomic E-state index is -0.712. The van der Waals surface area contributed by atoms with Gasteiger partial charge in [0.2, 0.25) is 0 Å². The van der Waals surface area contributed by atoms with Crippen molar-refractivity contribution < 1.29 is 23.5 Å². The molecule has 0 aliphatic rings. The van der Waals surface area contributed by atoms with Crippen molar-refractivity contribution in [1.82, 2.24) is 15.1 Å². The topological polar surface area (TPSA) is 90.3 Å². The third kappa shape index (κ3) is 4.00.